The van der Waals surface area contributed by atoms with Crippen molar-refractivity contribution in [2.24, 2.45) is 0 Å². The first kappa shape index (κ1) is 12.8. The molecule has 2 rings (SSSR count). The fourth-order valence-corrected chi connectivity index (χ4v) is 2.53. The quantitative estimate of drug-likeness (QED) is 0.871. The summed E-state index contributed by atoms with van der Waals surface area (Å²) in [6.07, 6.45) is 0.487. The van der Waals surface area contributed by atoms with Crippen LogP contribution in [0.4, 0.5) is 10.1 Å². The number of piperazine rings is 1. The van der Waals surface area contributed by atoms with Gasteiger partial charge in [-0.2, -0.15) is 5.26 Å². The number of nitrogens with zero attached hydrogens (tertiary/aromatic N) is 2. The Hall–Kier alpha value is -1.60. The fourth-order valence-electron chi connectivity index (χ4n) is 2.53. The van der Waals surface area contributed by atoms with Crippen molar-refractivity contribution in [3.05, 3.63) is 30.1 Å². The summed E-state index contributed by atoms with van der Waals surface area (Å²) >= 11 is 0. The maximum atomic E-state index is 12.9. The van der Waals surface area contributed by atoms with E-state index in [1.54, 1.807) is 12.1 Å². The molecular weight excluding hydrogens is 229 g/mol. The predicted molar refractivity (Wildman–Crippen MR) is 69.8 cm³/mol. The average Bonchev–Trinajstić information content (AvgIpc) is 2.28. The van der Waals surface area contributed by atoms with Crippen LogP contribution >= 0.6 is 0 Å². The molecule has 0 aliphatic carbocycles. The average molecular weight is 247 g/mol. The number of benzene rings is 1. The van der Waals surface area contributed by atoms with E-state index in [1.165, 1.54) is 12.1 Å². The number of nitriles is 1. The molecule has 1 N–H and O–H groups in total. The van der Waals surface area contributed by atoms with Crippen LogP contribution < -0.4 is 10.2 Å². The Labute approximate surface area is 107 Å². The molecule has 0 amide bonds. The molecule has 0 aromatic heterocycles. The SMILES string of the molecule is CC1(C)CN(c2ccc(F)cc2)CC(CC#N)N1. The molecule has 0 bridgehead atoms. The summed E-state index contributed by atoms with van der Waals surface area (Å²) in [5, 5.41) is 12.3. The van der Waals surface area contributed by atoms with E-state index in [9.17, 15) is 4.39 Å². The summed E-state index contributed by atoms with van der Waals surface area (Å²) in [5.74, 6) is -0.221. The van der Waals surface area contributed by atoms with E-state index < -0.39 is 0 Å². The van der Waals surface area contributed by atoms with Gasteiger partial charge in [0, 0.05) is 30.4 Å². The molecule has 1 aromatic rings. The minimum Gasteiger partial charge on any atom is -0.368 e. The van der Waals surface area contributed by atoms with E-state index >= 15 is 0 Å². The van der Waals surface area contributed by atoms with Crippen molar-refractivity contribution in [1.29, 1.82) is 5.26 Å². The lowest BCUT2D eigenvalue weighted by Gasteiger charge is -2.44. The van der Waals surface area contributed by atoms with Gasteiger partial charge in [-0.1, -0.05) is 0 Å². The third-order valence-electron chi connectivity index (χ3n) is 3.15. The minimum absolute atomic E-state index is 0.0475. The minimum atomic E-state index is -0.221. The lowest BCUT2D eigenvalue weighted by Crippen LogP contribution is -2.62. The number of nitrogens with one attached hydrogen (secondary N) is 1. The smallest absolute Gasteiger partial charge is 0.123 e. The third kappa shape index (κ3) is 2.99. The van der Waals surface area contributed by atoms with Gasteiger partial charge in [-0.15, -0.1) is 0 Å². The van der Waals surface area contributed by atoms with E-state index in [0.29, 0.717) is 6.42 Å². The monoisotopic (exact) mass is 247 g/mol. The third-order valence-corrected chi connectivity index (χ3v) is 3.15. The number of anilines is 1. The molecule has 4 heteroatoms. The topological polar surface area (TPSA) is 39.1 Å². The fraction of sp³-hybridized carbons (Fsp3) is 0.500. The van der Waals surface area contributed by atoms with Crippen molar-refractivity contribution < 1.29 is 4.39 Å². The molecule has 18 heavy (non-hydrogen) atoms. The molecule has 1 fully saturated rings. The highest BCUT2D eigenvalue weighted by molar-refractivity contribution is 5.47. The second-order valence-corrected chi connectivity index (χ2v) is 5.44. The number of halogens is 1. The van der Waals surface area contributed by atoms with Gasteiger partial charge in [0.1, 0.15) is 5.82 Å². The van der Waals surface area contributed by atoms with Gasteiger partial charge in [0.2, 0.25) is 0 Å². The molecule has 3 nitrogen and oxygen atoms in total. The van der Waals surface area contributed by atoms with Crippen LogP contribution in [0.1, 0.15) is 20.3 Å². The van der Waals surface area contributed by atoms with Crippen molar-refractivity contribution in [2.75, 3.05) is 18.0 Å². The molecule has 1 aliphatic rings. The molecule has 1 atom stereocenters. The first-order valence-corrected chi connectivity index (χ1v) is 6.15. The van der Waals surface area contributed by atoms with Crippen LogP contribution in [0.2, 0.25) is 0 Å². The first-order valence-electron chi connectivity index (χ1n) is 6.15. The number of hydrogen-bond donors (Lipinski definition) is 1. The highest BCUT2D eigenvalue weighted by Crippen LogP contribution is 2.22. The molecule has 96 valence electrons. The van der Waals surface area contributed by atoms with Gasteiger partial charge in [-0.25, -0.2) is 4.39 Å². The van der Waals surface area contributed by atoms with Crippen molar-refractivity contribution in [3.63, 3.8) is 0 Å². The molecule has 1 heterocycles. The Bertz CT molecular complexity index is 447. The van der Waals surface area contributed by atoms with Gasteiger partial charge < -0.3 is 10.2 Å². The van der Waals surface area contributed by atoms with Crippen LogP contribution in [0.3, 0.4) is 0 Å². The second kappa shape index (κ2) is 4.95. The predicted octanol–water partition coefficient (Wildman–Crippen LogP) is 2.30. The zero-order chi connectivity index (χ0) is 13.2. The highest BCUT2D eigenvalue weighted by Gasteiger charge is 2.31. The van der Waals surface area contributed by atoms with Gasteiger partial charge in [-0.05, 0) is 38.1 Å². The van der Waals surface area contributed by atoms with Crippen LogP contribution in [0.5, 0.6) is 0 Å². The van der Waals surface area contributed by atoms with Crippen molar-refractivity contribution in [2.45, 2.75) is 31.8 Å². The summed E-state index contributed by atoms with van der Waals surface area (Å²) in [4.78, 5) is 2.21. The molecule has 1 aliphatic heterocycles. The summed E-state index contributed by atoms with van der Waals surface area (Å²) in [5.41, 5.74) is 0.961. The Morgan fingerprint density at radius 2 is 2.11 bits per heavy atom. The van der Waals surface area contributed by atoms with Gasteiger partial charge >= 0.3 is 0 Å². The van der Waals surface area contributed by atoms with Gasteiger partial charge in [0.05, 0.1) is 12.5 Å². The lowest BCUT2D eigenvalue weighted by atomic mass is 9.97. The highest BCUT2D eigenvalue weighted by atomic mass is 19.1. The molecule has 0 saturated carbocycles. The Morgan fingerprint density at radius 3 is 2.72 bits per heavy atom. The van der Waals surface area contributed by atoms with Gasteiger partial charge in [0.25, 0.3) is 0 Å². The molecule has 1 aromatic carbocycles. The lowest BCUT2D eigenvalue weighted by molar-refractivity contribution is 0.291. The summed E-state index contributed by atoms with van der Waals surface area (Å²) in [6, 6.07) is 8.90. The van der Waals surface area contributed by atoms with Gasteiger partial charge in [-0.3, -0.25) is 0 Å². The Morgan fingerprint density at radius 1 is 1.44 bits per heavy atom. The van der Waals surface area contributed by atoms with Crippen molar-refractivity contribution >= 4 is 5.69 Å². The normalized spacial score (nSPS) is 22.6. The maximum absolute atomic E-state index is 12.9. The second-order valence-electron chi connectivity index (χ2n) is 5.44. The van der Waals surface area contributed by atoms with Crippen LogP contribution in [0.15, 0.2) is 24.3 Å². The molecule has 1 unspecified atom stereocenters. The Kier molecular flexibility index (Phi) is 3.53. The van der Waals surface area contributed by atoms with E-state index in [0.717, 1.165) is 18.8 Å². The van der Waals surface area contributed by atoms with E-state index in [4.69, 9.17) is 5.26 Å². The molecular formula is C14H18FN3. The maximum Gasteiger partial charge on any atom is 0.123 e. The summed E-state index contributed by atoms with van der Waals surface area (Å²) in [7, 11) is 0. The van der Waals surface area contributed by atoms with Crippen LogP contribution in [0.25, 0.3) is 0 Å². The molecule has 1 saturated heterocycles. The largest absolute Gasteiger partial charge is 0.368 e. The molecule has 0 spiro atoms. The zero-order valence-corrected chi connectivity index (χ0v) is 10.8. The van der Waals surface area contributed by atoms with E-state index in [2.05, 4.69) is 30.1 Å². The van der Waals surface area contributed by atoms with Crippen molar-refractivity contribution in [3.8, 4) is 6.07 Å². The number of hydrogen-bond acceptors (Lipinski definition) is 3. The molecule has 0 radical (unpaired) electrons. The summed E-state index contributed by atoms with van der Waals surface area (Å²) in [6.45, 7) is 5.86. The zero-order valence-electron chi connectivity index (χ0n) is 10.8. The van der Waals surface area contributed by atoms with Crippen LogP contribution in [-0.2, 0) is 0 Å². The Balaban J connectivity index is 2.17. The van der Waals surface area contributed by atoms with Gasteiger partial charge in [0.15, 0.2) is 0 Å². The van der Waals surface area contributed by atoms with Crippen LogP contribution in [0, 0.1) is 17.1 Å². The van der Waals surface area contributed by atoms with Crippen LogP contribution in [-0.4, -0.2) is 24.7 Å². The standard InChI is InChI=1S/C14H18FN3/c1-14(2)10-18(9-12(17-14)7-8-16)13-5-3-11(15)4-6-13/h3-6,12,17H,7,9-10H2,1-2H3. The first-order chi connectivity index (χ1) is 8.50. The number of rotatable bonds is 2. The van der Waals surface area contributed by atoms with Crippen molar-refractivity contribution in [1.82, 2.24) is 5.32 Å². The summed E-state index contributed by atoms with van der Waals surface area (Å²) < 4.78 is 12.9. The van der Waals surface area contributed by atoms with E-state index in [1.807, 2.05) is 0 Å². The van der Waals surface area contributed by atoms with E-state index in [-0.39, 0.29) is 17.4 Å².